The minimum atomic E-state index is 0.614. The Hall–Kier alpha value is -4.26. The summed E-state index contributed by atoms with van der Waals surface area (Å²) in [7, 11) is 0. The Morgan fingerprint density at radius 3 is 2.45 bits per heavy atom. The molecule has 0 aliphatic carbocycles. The van der Waals surface area contributed by atoms with Crippen molar-refractivity contribution in [3.8, 4) is 22.4 Å². The van der Waals surface area contributed by atoms with E-state index in [0.717, 1.165) is 50.4 Å². The van der Waals surface area contributed by atoms with Crippen LogP contribution in [0.25, 0.3) is 33.3 Å². The van der Waals surface area contributed by atoms with Crippen LogP contribution in [-0.4, -0.2) is 29.9 Å². The molecule has 7 heteroatoms. The smallest absolute Gasteiger partial charge is 0.137 e. The molecule has 4 heterocycles. The molecule has 5 aromatic rings. The summed E-state index contributed by atoms with van der Waals surface area (Å²) in [5.74, 6) is 0.787. The van der Waals surface area contributed by atoms with Crippen molar-refractivity contribution in [2.24, 2.45) is 0 Å². The fraction of sp³-hybridized carbons (Fsp3) is 0.0833. The summed E-state index contributed by atoms with van der Waals surface area (Å²) in [6.45, 7) is 2.59. The molecule has 31 heavy (non-hydrogen) atoms. The van der Waals surface area contributed by atoms with Crippen molar-refractivity contribution in [2.75, 3.05) is 5.32 Å². The molecule has 0 radical (unpaired) electrons. The van der Waals surface area contributed by atoms with Gasteiger partial charge >= 0.3 is 0 Å². The topological polar surface area (TPSA) is 89.4 Å². The zero-order chi connectivity index (χ0) is 21.0. The predicted molar refractivity (Wildman–Crippen MR) is 120 cm³/mol. The summed E-state index contributed by atoms with van der Waals surface area (Å²) < 4.78 is 0. The van der Waals surface area contributed by atoms with Crippen LogP contribution >= 0.6 is 0 Å². The van der Waals surface area contributed by atoms with Gasteiger partial charge in [-0.1, -0.05) is 12.1 Å². The Kier molecular flexibility index (Phi) is 4.98. The number of aryl methyl sites for hydroxylation is 1. The second kappa shape index (κ2) is 8.23. The van der Waals surface area contributed by atoms with Gasteiger partial charge in [0.2, 0.25) is 0 Å². The van der Waals surface area contributed by atoms with Gasteiger partial charge in [-0.3, -0.25) is 9.97 Å². The highest BCUT2D eigenvalue weighted by Gasteiger charge is 2.07. The number of hydrogen-bond donors (Lipinski definition) is 1. The molecule has 1 N–H and O–H groups in total. The summed E-state index contributed by atoms with van der Waals surface area (Å²) in [6.07, 6.45) is 10.4. The molecule has 4 aromatic heterocycles. The SMILES string of the molecule is Cc1cc(-c2ccc(CNc3ncnc4cc(-c5cncnc5)ccc34)cn2)ccn1. The van der Waals surface area contributed by atoms with Gasteiger partial charge in [-0.2, -0.15) is 0 Å². The van der Waals surface area contributed by atoms with Crippen LogP contribution < -0.4 is 5.32 Å². The highest BCUT2D eigenvalue weighted by Crippen LogP contribution is 2.26. The van der Waals surface area contributed by atoms with Crippen LogP contribution in [0.5, 0.6) is 0 Å². The van der Waals surface area contributed by atoms with Crippen LogP contribution in [0.2, 0.25) is 0 Å². The Labute approximate surface area is 179 Å². The molecule has 7 nitrogen and oxygen atoms in total. The molecule has 1 aromatic carbocycles. The molecule has 0 saturated carbocycles. The van der Waals surface area contributed by atoms with Crippen LogP contribution in [-0.2, 0) is 6.54 Å². The lowest BCUT2D eigenvalue weighted by atomic mass is 10.1. The fourth-order valence-corrected chi connectivity index (χ4v) is 3.42. The van der Waals surface area contributed by atoms with Crippen LogP contribution in [0.1, 0.15) is 11.3 Å². The van der Waals surface area contributed by atoms with E-state index in [-0.39, 0.29) is 0 Å². The molecule has 0 aliphatic rings. The summed E-state index contributed by atoms with van der Waals surface area (Å²) in [5, 5.41) is 4.36. The van der Waals surface area contributed by atoms with E-state index in [4.69, 9.17) is 0 Å². The molecule has 0 spiro atoms. The van der Waals surface area contributed by atoms with Gasteiger partial charge in [0.05, 0.1) is 11.2 Å². The molecule has 0 atom stereocenters. The van der Waals surface area contributed by atoms with Crippen molar-refractivity contribution in [3.05, 3.63) is 91.2 Å². The first-order chi connectivity index (χ1) is 15.3. The summed E-state index contributed by atoms with van der Waals surface area (Å²) in [6, 6.07) is 14.2. The van der Waals surface area contributed by atoms with Crippen LogP contribution in [0.4, 0.5) is 5.82 Å². The Morgan fingerprint density at radius 2 is 1.65 bits per heavy atom. The molecule has 0 bridgehead atoms. The van der Waals surface area contributed by atoms with E-state index in [2.05, 4.69) is 41.3 Å². The number of fused-ring (bicyclic) bond motifs is 1. The third-order valence-electron chi connectivity index (χ3n) is 5.01. The van der Waals surface area contributed by atoms with Crippen molar-refractivity contribution < 1.29 is 0 Å². The normalized spacial score (nSPS) is 10.9. The Morgan fingerprint density at radius 1 is 0.742 bits per heavy atom. The van der Waals surface area contributed by atoms with Gasteiger partial charge in [-0.15, -0.1) is 0 Å². The van der Waals surface area contributed by atoms with Gasteiger partial charge in [0, 0.05) is 53.5 Å². The van der Waals surface area contributed by atoms with E-state index in [1.807, 2.05) is 49.5 Å². The molecule has 5 rings (SSSR count). The molecule has 0 fully saturated rings. The zero-order valence-corrected chi connectivity index (χ0v) is 16.9. The maximum atomic E-state index is 4.60. The molecule has 0 unspecified atom stereocenters. The largest absolute Gasteiger partial charge is 0.365 e. The summed E-state index contributed by atoms with van der Waals surface area (Å²) >= 11 is 0. The van der Waals surface area contributed by atoms with Gasteiger partial charge in [-0.25, -0.2) is 19.9 Å². The molecule has 0 amide bonds. The third-order valence-corrected chi connectivity index (χ3v) is 5.01. The number of pyridine rings is 2. The number of hydrogen-bond acceptors (Lipinski definition) is 7. The minimum Gasteiger partial charge on any atom is -0.365 e. The molecular formula is C24H19N7. The lowest BCUT2D eigenvalue weighted by Crippen LogP contribution is -2.03. The lowest BCUT2D eigenvalue weighted by molar-refractivity contribution is 1.08. The zero-order valence-electron chi connectivity index (χ0n) is 16.9. The lowest BCUT2D eigenvalue weighted by Gasteiger charge is -2.10. The first kappa shape index (κ1) is 18.7. The van der Waals surface area contributed by atoms with E-state index < -0.39 is 0 Å². The maximum Gasteiger partial charge on any atom is 0.137 e. The Balaban J connectivity index is 1.35. The van der Waals surface area contributed by atoms with Crippen molar-refractivity contribution in [3.63, 3.8) is 0 Å². The van der Waals surface area contributed by atoms with Gasteiger partial charge in [0.1, 0.15) is 18.5 Å². The maximum absolute atomic E-state index is 4.60. The molecule has 0 saturated heterocycles. The molecule has 0 aliphatic heterocycles. The first-order valence-corrected chi connectivity index (χ1v) is 9.88. The number of aromatic nitrogens is 6. The summed E-state index contributed by atoms with van der Waals surface area (Å²) in [4.78, 5) is 25.9. The van der Waals surface area contributed by atoms with Crippen molar-refractivity contribution in [1.82, 2.24) is 29.9 Å². The highest BCUT2D eigenvalue weighted by atomic mass is 15.0. The number of benzene rings is 1. The number of rotatable bonds is 5. The standard InChI is InChI=1S/C24H19N7/c1-16-8-19(6-7-27-16)22-5-2-17(10-28-22)11-29-24-21-4-3-18(9-23(21)30-15-31-24)20-12-25-14-26-13-20/h2-10,12-15H,11H2,1H3,(H,29,30,31). The average molecular weight is 405 g/mol. The van der Waals surface area contributed by atoms with E-state index in [9.17, 15) is 0 Å². The highest BCUT2D eigenvalue weighted by molar-refractivity contribution is 5.91. The van der Waals surface area contributed by atoms with Gasteiger partial charge in [-0.05, 0) is 48.4 Å². The third kappa shape index (κ3) is 4.06. The van der Waals surface area contributed by atoms with Crippen LogP contribution in [0.3, 0.4) is 0 Å². The number of anilines is 1. The predicted octanol–water partition coefficient (Wildman–Crippen LogP) is 4.46. The molecular weight excluding hydrogens is 386 g/mol. The minimum absolute atomic E-state index is 0.614. The van der Waals surface area contributed by atoms with Crippen molar-refractivity contribution in [2.45, 2.75) is 13.5 Å². The average Bonchev–Trinajstić information content (AvgIpc) is 2.83. The Bertz CT molecular complexity index is 1340. The van der Waals surface area contributed by atoms with Gasteiger partial charge < -0.3 is 5.32 Å². The quantitative estimate of drug-likeness (QED) is 0.461. The van der Waals surface area contributed by atoms with Crippen molar-refractivity contribution >= 4 is 16.7 Å². The van der Waals surface area contributed by atoms with E-state index >= 15 is 0 Å². The van der Waals surface area contributed by atoms with E-state index in [1.165, 1.54) is 6.33 Å². The first-order valence-electron chi connectivity index (χ1n) is 9.88. The summed E-state index contributed by atoms with van der Waals surface area (Å²) in [5.41, 5.74) is 6.87. The fourth-order valence-electron chi connectivity index (χ4n) is 3.42. The second-order valence-corrected chi connectivity index (χ2v) is 7.17. The van der Waals surface area contributed by atoms with Crippen molar-refractivity contribution in [1.29, 1.82) is 0 Å². The van der Waals surface area contributed by atoms with E-state index in [0.29, 0.717) is 6.54 Å². The van der Waals surface area contributed by atoms with Gasteiger partial charge in [0.25, 0.3) is 0 Å². The second-order valence-electron chi connectivity index (χ2n) is 7.17. The monoisotopic (exact) mass is 405 g/mol. The van der Waals surface area contributed by atoms with Gasteiger partial charge in [0.15, 0.2) is 0 Å². The molecule has 150 valence electrons. The number of nitrogens with zero attached hydrogens (tertiary/aromatic N) is 6. The van der Waals surface area contributed by atoms with Crippen LogP contribution in [0.15, 0.2) is 79.9 Å². The van der Waals surface area contributed by atoms with Crippen LogP contribution in [0, 0.1) is 6.92 Å². The number of nitrogens with one attached hydrogen (secondary N) is 1. The van der Waals surface area contributed by atoms with E-state index in [1.54, 1.807) is 24.9 Å².